The Balaban J connectivity index is 1.38. The highest BCUT2D eigenvalue weighted by molar-refractivity contribution is 5.94. The topological polar surface area (TPSA) is 32.8 Å². The first-order chi connectivity index (χ1) is 16.3. The second-order valence-electron chi connectivity index (χ2n) is 8.63. The normalized spacial score (nSPS) is 14.4. The summed E-state index contributed by atoms with van der Waals surface area (Å²) in [5.41, 5.74) is 3.31. The number of carbonyl (C=O) groups is 1. The number of nitrogens with zero attached hydrogens (tertiary/aromatic N) is 2. The lowest BCUT2D eigenvalue weighted by Crippen LogP contribution is -2.49. The van der Waals surface area contributed by atoms with Crippen molar-refractivity contribution in [2.45, 2.75) is 32.2 Å². The molecule has 0 spiro atoms. The summed E-state index contributed by atoms with van der Waals surface area (Å²) < 4.78 is 5.78. The van der Waals surface area contributed by atoms with Crippen LogP contribution in [0.3, 0.4) is 0 Å². The van der Waals surface area contributed by atoms with E-state index in [9.17, 15) is 4.79 Å². The van der Waals surface area contributed by atoms with Crippen LogP contribution < -0.4 is 4.74 Å². The zero-order chi connectivity index (χ0) is 22.9. The van der Waals surface area contributed by atoms with Gasteiger partial charge in [-0.05, 0) is 41.8 Å². The fraction of sp³-hybridized carbons (Fsp3) is 0.345. The van der Waals surface area contributed by atoms with Crippen molar-refractivity contribution in [3.63, 3.8) is 0 Å². The van der Waals surface area contributed by atoms with Gasteiger partial charge in [-0.25, -0.2) is 0 Å². The van der Waals surface area contributed by atoms with Crippen LogP contribution in [-0.2, 0) is 0 Å². The number of ether oxygens (including phenoxy) is 1. The third-order valence-corrected chi connectivity index (χ3v) is 6.32. The molecule has 3 aromatic rings. The van der Waals surface area contributed by atoms with E-state index in [2.05, 4.69) is 72.5 Å². The van der Waals surface area contributed by atoms with Crippen LogP contribution in [0.15, 0.2) is 84.9 Å². The quantitative estimate of drug-likeness (QED) is 0.393. The Labute approximate surface area is 197 Å². The van der Waals surface area contributed by atoms with Gasteiger partial charge in [0.15, 0.2) is 0 Å². The van der Waals surface area contributed by atoms with Crippen molar-refractivity contribution in [3.05, 3.63) is 102 Å². The number of piperazine rings is 1. The molecule has 1 aliphatic rings. The summed E-state index contributed by atoms with van der Waals surface area (Å²) in [6.07, 6.45) is 3.42. The minimum Gasteiger partial charge on any atom is -0.494 e. The minimum absolute atomic E-state index is 0.100. The summed E-state index contributed by atoms with van der Waals surface area (Å²) in [4.78, 5) is 17.6. The maximum atomic E-state index is 13.1. The zero-order valence-corrected chi connectivity index (χ0v) is 19.5. The molecule has 0 bridgehead atoms. The van der Waals surface area contributed by atoms with Crippen molar-refractivity contribution in [3.8, 4) is 5.75 Å². The third kappa shape index (κ3) is 6.02. The van der Waals surface area contributed by atoms with Gasteiger partial charge in [0, 0.05) is 31.7 Å². The lowest BCUT2D eigenvalue weighted by Gasteiger charge is -2.39. The largest absolute Gasteiger partial charge is 0.494 e. The molecule has 0 aromatic heterocycles. The van der Waals surface area contributed by atoms with Crippen molar-refractivity contribution in [1.82, 2.24) is 9.80 Å². The van der Waals surface area contributed by atoms with Gasteiger partial charge >= 0.3 is 0 Å². The molecule has 0 saturated carbocycles. The first-order valence-corrected chi connectivity index (χ1v) is 12.1. The van der Waals surface area contributed by atoms with Gasteiger partial charge in [-0.3, -0.25) is 9.69 Å². The molecule has 0 atom stereocenters. The summed E-state index contributed by atoms with van der Waals surface area (Å²) >= 11 is 0. The van der Waals surface area contributed by atoms with Crippen molar-refractivity contribution in [2.24, 2.45) is 0 Å². The molecule has 0 aliphatic carbocycles. The second-order valence-corrected chi connectivity index (χ2v) is 8.63. The fourth-order valence-electron chi connectivity index (χ4n) is 4.49. The Kier molecular flexibility index (Phi) is 8.15. The Morgan fingerprint density at radius 3 is 1.91 bits per heavy atom. The monoisotopic (exact) mass is 442 g/mol. The number of amides is 1. The van der Waals surface area contributed by atoms with Gasteiger partial charge in [-0.1, -0.05) is 80.4 Å². The Bertz CT molecular complexity index is 942. The molecule has 0 N–H and O–H groups in total. The summed E-state index contributed by atoms with van der Waals surface area (Å²) in [5.74, 6) is 0.934. The molecule has 4 nitrogen and oxygen atoms in total. The standard InChI is InChI=1S/C29H34N2O2/c1-2-3-10-23-33-27-17-15-26(16-18-27)29(32)31-21-19-30(20-22-31)28(24-11-6-4-7-12-24)25-13-8-5-9-14-25/h4-9,11-18,28H,2-3,10,19-23H2,1H3. The summed E-state index contributed by atoms with van der Waals surface area (Å²) in [6.45, 7) is 6.06. The van der Waals surface area contributed by atoms with E-state index in [1.54, 1.807) is 0 Å². The summed E-state index contributed by atoms with van der Waals surface area (Å²) in [6, 6.07) is 29.1. The predicted octanol–water partition coefficient (Wildman–Crippen LogP) is 5.80. The highest BCUT2D eigenvalue weighted by atomic mass is 16.5. The molecule has 1 aliphatic heterocycles. The molecule has 0 radical (unpaired) electrons. The highest BCUT2D eigenvalue weighted by Gasteiger charge is 2.28. The van der Waals surface area contributed by atoms with E-state index in [0.717, 1.165) is 50.5 Å². The average Bonchev–Trinajstić information content (AvgIpc) is 2.88. The molecular weight excluding hydrogens is 408 g/mol. The smallest absolute Gasteiger partial charge is 0.253 e. The van der Waals surface area contributed by atoms with Crippen molar-refractivity contribution < 1.29 is 9.53 Å². The number of unbranched alkanes of at least 4 members (excludes halogenated alkanes) is 2. The fourth-order valence-corrected chi connectivity index (χ4v) is 4.49. The van der Waals surface area contributed by atoms with Crippen LogP contribution in [0.2, 0.25) is 0 Å². The molecule has 33 heavy (non-hydrogen) atoms. The van der Waals surface area contributed by atoms with E-state index >= 15 is 0 Å². The number of benzene rings is 3. The maximum absolute atomic E-state index is 13.1. The number of carbonyl (C=O) groups excluding carboxylic acids is 1. The van der Waals surface area contributed by atoms with Gasteiger partial charge in [0.25, 0.3) is 5.91 Å². The van der Waals surface area contributed by atoms with Crippen LogP contribution >= 0.6 is 0 Å². The summed E-state index contributed by atoms with van der Waals surface area (Å²) in [5, 5.41) is 0. The van der Waals surface area contributed by atoms with Crippen molar-refractivity contribution >= 4 is 5.91 Å². The first-order valence-electron chi connectivity index (χ1n) is 12.1. The third-order valence-electron chi connectivity index (χ3n) is 6.32. The first kappa shape index (κ1) is 23.1. The maximum Gasteiger partial charge on any atom is 0.253 e. The molecule has 4 rings (SSSR count). The van der Waals surface area contributed by atoms with Crippen LogP contribution in [0.1, 0.15) is 53.7 Å². The van der Waals surface area contributed by atoms with E-state index in [4.69, 9.17) is 4.74 Å². The van der Waals surface area contributed by atoms with Crippen LogP contribution in [0.4, 0.5) is 0 Å². The van der Waals surface area contributed by atoms with E-state index in [-0.39, 0.29) is 11.9 Å². The summed E-state index contributed by atoms with van der Waals surface area (Å²) in [7, 11) is 0. The SMILES string of the molecule is CCCCCOc1ccc(C(=O)N2CCN(C(c3ccccc3)c3ccccc3)CC2)cc1. The number of rotatable bonds is 9. The molecule has 3 aromatic carbocycles. The molecule has 4 heteroatoms. The van der Waals surface area contributed by atoms with Gasteiger partial charge < -0.3 is 9.64 Å². The molecular formula is C29H34N2O2. The lowest BCUT2D eigenvalue weighted by molar-refractivity contribution is 0.0597. The number of hydrogen-bond acceptors (Lipinski definition) is 3. The molecule has 0 unspecified atom stereocenters. The Morgan fingerprint density at radius 1 is 0.788 bits per heavy atom. The van der Waals surface area contributed by atoms with Gasteiger partial charge in [0.1, 0.15) is 5.75 Å². The van der Waals surface area contributed by atoms with E-state index in [1.807, 2.05) is 29.2 Å². The van der Waals surface area contributed by atoms with E-state index < -0.39 is 0 Å². The van der Waals surface area contributed by atoms with Gasteiger partial charge in [-0.15, -0.1) is 0 Å². The molecule has 172 valence electrons. The molecule has 1 amide bonds. The predicted molar refractivity (Wildman–Crippen MR) is 134 cm³/mol. The number of hydrogen-bond donors (Lipinski definition) is 0. The second kappa shape index (κ2) is 11.7. The van der Waals surface area contributed by atoms with E-state index in [0.29, 0.717) is 0 Å². The van der Waals surface area contributed by atoms with Gasteiger partial charge in [0.2, 0.25) is 0 Å². The van der Waals surface area contributed by atoms with Crippen molar-refractivity contribution in [1.29, 1.82) is 0 Å². The minimum atomic E-state index is 0.100. The van der Waals surface area contributed by atoms with Gasteiger partial charge in [-0.2, -0.15) is 0 Å². The molecule has 1 heterocycles. The van der Waals surface area contributed by atoms with Crippen LogP contribution in [0.5, 0.6) is 5.75 Å². The van der Waals surface area contributed by atoms with Crippen LogP contribution in [0, 0.1) is 0 Å². The average molecular weight is 443 g/mol. The zero-order valence-electron chi connectivity index (χ0n) is 19.5. The molecule has 1 fully saturated rings. The Hall–Kier alpha value is -3.11. The van der Waals surface area contributed by atoms with Gasteiger partial charge in [0.05, 0.1) is 12.6 Å². The van der Waals surface area contributed by atoms with Crippen molar-refractivity contribution in [2.75, 3.05) is 32.8 Å². The molecule has 1 saturated heterocycles. The van der Waals surface area contributed by atoms with Crippen LogP contribution in [0.25, 0.3) is 0 Å². The lowest BCUT2D eigenvalue weighted by atomic mass is 9.96. The van der Waals surface area contributed by atoms with E-state index in [1.165, 1.54) is 24.0 Å². The van der Waals surface area contributed by atoms with Crippen LogP contribution in [-0.4, -0.2) is 48.5 Å². The highest BCUT2D eigenvalue weighted by Crippen LogP contribution is 2.29. The Morgan fingerprint density at radius 2 is 1.36 bits per heavy atom.